The van der Waals surface area contributed by atoms with E-state index in [1.165, 1.54) is 0 Å². The first-order valence-electron chi connectivity index (χ1n) is 7.91. The van der Waals surface area contributed by atoms with Gasteiger partial charge in [0.05, 0.1) is 24.0 Å². The molecule has 126 valence electrons. The van der Waals surface area contributed by atoms with E-state index in [9.17, 15) is 9.90 Å². The largest absolute Gasteiger partial charge is 0.485 e. The number of aliphatic hydroxyl groups excluding tert-OH is 1. The lowest BCUT2D eigenvalue weighted by Gasteiger charge is -2.33. The molecule has 1 aromatic rings. The topological polar surface area (TPSA) is 83.9 Å². The lowest BCUT2D eigenvalue weighted by molar-refractivity contribution is 0.0635. The second-order valence-electron chi connectivity index (χ2n) is 6.90. The van der Waals surface area contributed by atoms with Crippen LogP contribution in [0.25, 0.3) is 0 Å². The zero-order valence-electron chi connectivity index (χ0n) is 13.8. The lowest BCUT2D eigenvalue weighted by Crippen LogP contribution is -2.39. The number of nitrogens with one attached hydrogen (secondary N) is 1. The van der Waals surface area contributed by atoms with Crippen LogP contribution in [0.1, 0.15) is 39.3 Å². The third kappa shape index (κ3) is 3.34. The van der Waals surface area contributed by atoms with Crippen LogP contribution in [0.5, 0.6) is 5.75 Å². The summed E-state index contributed by atoms with van der Waals surface area (Å²) in [5.74, 6) is 1.24. The summed E-state index contributed by atoms with van der Waals surface area (Å²) < 4.78 is 11.1. The molecule has 2 aliphatic heterocycles. The summed E-state index contributed by atoms with van der Waals surface area (Å²) in [7, 11) is 0. The van der Waals surface area contributed by atoms with Crippen LogP contribution in [0.2, 0.25) is 0 Å². The predicted octanol–water partition coefficient (Wildman–Crippen LogP) is 2.28. The predicted molar refractivity (Wildman–Crippen MR) is 85.9 cm³/mol. The highest BCUT2D eigenvalue weighted by atomic mass is 16.6. The fourth-order valence-electron chi connectivity index (χ4n) is 2.96. The summed E-state index contributed by atoms with van der Waals surface area (Å²) in [6, 6.07) is 1.94. The van der Waals surface area contributed by atoms with Gasteiger partial charge in [-0.1, -0.05) is 0 Å². The van der Waals surface area contributed by atoms with Gasteiger partial charge in [-0.15, -0.1) is 0 Å². The maximum Gasteiger partial charge on any atom is 0.412 e. The lowest BCUT2D eigenvalue weighted by atomic mass is 10.2. The molecule has 0 bridgehead atoms. The highest BCUT2D eigenvalue weighted by Crippen LogP contribution is 2.42. The summed E-state index contributed by atoms with van der Waals surface area (Å²) in [4.78, 5) is 18.7. The number of nitrogens with zero attached hydrogens (tertiary/aromatic N) is 2. The van der Waals surface area contributed by atoms with Crippen LogP contribution in [-0.4, -0.2) is 41.0 Å². The van der Waals surface area contributed by atoms with Crippen LogP contribution in [-0.2, 0) is 11.3 Å². The van der Waals surface area contributed by atoms with Crippen molar-refractivity contribution in [2.45, 2.75) is 51.9 Å². The van der Waals surface area contributed by atoms with Gasteiger partial charge in [0, 0.05) is 6.54 Å². The quantitative estimate of drug-likeness (QED) is 0.869. The molecule has 7 heteroatoms. The van der Waals surface area contributed by atoms with E-state index in [1.54, 1.807) is 26.8 Å². The number of carbonyl (C=O) groups is 1. The zero-order chi connectivity index (χ0) is 16.6. The monoisotopic (exact) mass is 321 g/mol. The first-order valence-corrected chi connectivity index (χ1v) is 7.91. The Labute approximate surface area is 135 Å². The Kier molecular flexibility index (Phi) is 4.06. The van der Waals surface area contributed by atoms with Gasteiger partial charge in [-0.2, -0.15) is 0 Å². The van der Waals surface area contributed by atoms with Gasteiger partial charge in [0.15, 0.2) is 11.6 Å². The van der Waals surface area contributed by atoms with Gasteiger partial charge >= 0.3 is 6.09 Å². The average molecular weight is 321 g/mol. The molecule has 1 atom stereocenters. The second-order valence-corrected chi connectivity index (χ2v) is 6.90. The summed E-state index contributed by atoms with van der Waals surface area (Å²) in [5, 5.41) is 12.2. The smallest absolute Gasteiger partial charge is 0.412 e. The standard InChI is InChI=1S/C16H23N3O4/c1-16(2,3)23-15(21)18-12-7-10(8-20)17-14-13(12)22-9-11-5-4-6-19(11)14/h7,11,20H,4-6,8-9H2,1-3H3,(H,17,18,21). The van der Waals surface area contributed by atoms with Gasteiger partial charge in [-0.25, -0.2) is 9.78 Å². The SMILES string of the molecule is CC(C)(C)OC(=O)Nc1cc(CO)nc2c1OCC1CCCN21. The minimum absolute atomic E-state index is 0.200. The number of hydrogen-bond acceptors (Lipinski definition) is 6. The molecule has 0 aromatic carbocycles. The summed E-state index contributed by atoms with van der Waals surface area (Å²) in [5.41, 5.74) is 0.391. The van der Waals surface area contributed by atoms with Crippen molar-refractivity contribution in [2.24, 2.45) is 0 Å². The van der Waals surface area contributed by atoms with Crippen molar-refractivity contribution in [3.05, 3.63) is 11.8 Å². The Morgan fingerprint density at radius 2 is 2.35 bits per heavy atom. The van der Waals surface area contributed by atoms with E-state index in [2.05, 4.69) is 15.2 Å². The van der Waals surface area contributed by atoms with Crippen molar-refractivity contribution < 1.29 is 19.4 Å². The Balaban J connectivity index is 1.91. The molecule has 1 unspecified atom stereocenters. The maximum absolute atomic E-state index is 12.1. The van der Waals surface area contributed by atoms with Gasteiger partial charge in [0.1, 0.15) is 12.2 Å². The highest BCUT2D eigenvalue weighted by Gasteiger charge is 2.34. The van der Waals surface area contributed by atoms with Crippen molar-refractivity contribution in [3.8, 4) is 5.75 Å². The zero-order valence-corrected chi connectivity index (χ0v) is 13.8. The van der Waals surface area contributed by atoms with Crippen LogP contribution >= 0.6 is 0 Å². The Morgan fingerprint density at radius 3 is 3.04 bits per heavy atom. The summed E-state index contributed by atoms with van der Waals surface area (Å²) in [6.45, 7) is 6.71. The Hall–Kier alpha value is -2.02. The van der Waals surface area contributed by atoms with Crippen LogP contribution in [0.3, 0.4) is 0 Å². The Bertz CT molecular complexity index is 612. The van der Waals surface area contributed by atoms with Gasteiger partial charge in [-0.3, -0.25) is 5.32 Å². The van der Waals surface area contributed by atoms with E-state index >= 15 is 0 Å². The van der Waals surface area contributed by atoms with Gasteiger partial charge < -0.3 is 19.5 Å². The van der Waals surface area contributed by atoms with Crippen LogP contribution < -0.4 is 15.0 Å². The van der Waals surface area contributed by atoms with Gasteiger partial charge in [-0.05, 0) is 39.7 Å². The van der Waals surface area contributed by atoms with Crippen molar-refractivity contribution in [2.75, 3.05) is 23.4 Å². The molecular formula is C16H23N3O4. The van der Waals surface area contributed by atoms with E-state index in [1.807, 2.05) is 0 Å². The molecule has 0 radical (unpaired) electrons. The molecule has 0 saturated carbocycles. The van der Waals surface area contributed by atoms with E-state index in [4.69, 9.17) is 9.47 Å². The number of fused-ring (bicyclic) bond motifs is 3. The number of aliphatic hydroxyl groups is 1. The molecule has 0 aliphatic carbocycles. The number of carbonyl (C=O) groups excluding carboxylic acids is 1. The number of hydrogen-bond donors (Lipinski definition) is 2. The van der Waals surface area contributed by atoms with E-state index in [0.717, 1.165) is 19.4 Å². The molecule has 3 heterocycles. The van der Waals surface area contributed by atoms with Crippen LogP contribution in [0.4, 0.5) is 16.3 Å². The first kappa shape index (κ1) is 15.9. The molecule has 1 amide bonds. The number of ether oxygens (including phenoxy) is 2. The number of anilines is 2. The van der Waals surface area contributed by atoms with Crippen molar-refractivity contribution in [1.82, 2.24) is 4.98 Å². The number of pyridine rings is 1. The third-order valence-corrected chi connectivity index (χ3v) is 3.88. The fourth-order valence-corrected chi connectivity index (χ4v) is 2.96. The molecule has 1 fully saturated rings. The minimum Gasteiger partial charge on any atom is -0.485 e. The van der Waals surface area contributed by atoms with Gasteiger partial charge in [0.25, 0.3) is 0 Å². The molecular weight excluding hydrogens is 298 g/mol. The van der Waals surface area contributed by atoms with Crippen molar-refractivity contribution >= 4 is 17.6 Å². The molecule has 2 N–H and O–H groups in total. The molecule has 2 aliphatic rings. The number of amides is 1. The minimum atomic E-state index is -0.585. The third-order valence-electron chi connectivity index (χ3n) is 3.88. The molecule has 7 nitrogen and oxygen atoms in total. The summed E-state index contributed by atoms with van der Waals surface area (Å²) in [6.07, 6.45) is 1.61. The van der Waals surface area contributed by atoms with Crippen LogP contribution in [0.15, 0.2) is 6.07 Å². The summed E-state index contributed by atoms with van der Waals surface area (Å²) >= 11 is 0. The molecule has 1 aromatic heterocycles. The van der Waals surface area contributed by atoms with E-state index in [-0.39, 0.29) is 6.61 Å². The number of rotatable bonds is 2. The molecule has 1 saturated heterocycles. The van der Waals surface area contributed by atoms with Crippen LogP contribution in [0, 0.1) is 0 Å². The van der Waals surface area contributed by atoms with Gasteiger partial charge in [0.2, 0.25) is 0 Å². The highest BCUT2D eigenvalue weighted by molar-refractivity contribution is 5.89. The van der Waals surface area contributed by atoms with Crippen molar-refractivity contribution in [1.29, 1.82) is 0 Å². The normalized spacial score (nSPS) is 19.7. The number of aromatic nitrogens is 1. The Morgan fingerprint density at radius 1 is 1.57 bits per heavy atom. The van der Waals surface area contributed by atoms with E-state index in [0.29, 0.717) is 35.6 Å². The van der Waals surface area contributed by atoms with E-state index < -0.39 is 11.7 Å². The fraction of sp³-hybridized carbons (Fsp3) is 0.625. The second kappa shape index (κ2) is 5.88. The average Bonchev–Trinajstić information content (AvgIpc) is 2.93. The first-order chi connectivity index (χ1) is 10.9. The molecule has 3 rings (SSSR count). The molecule has 23 heavy (non-hydrogen) atoms. The molecule has 0 spiro atoms. The maximum atomic E-state index is 12.1. The van der Waals surface area contributed by atoms with Crippen molar-refractivity contribution in [3.63, 3.8) is 0 Å².